The summed E-state index contributed by atoms with van der Waals surface area (Å²) in [5, 5.41) is 16.4. The number of hydrogen-bond acceptors (Lipinski definition) is 7. The molecular weight excluding hydrogens is 358 g/mol. The smallest absolute Gasteiger partial charge is 0.168 e. The van der Waals surface area contributed by atoms with Crippen LogP contribution in [0.5, 0.6) is 0 Å². The van der Waals surface area contributed by atoms with E-state index in [1.54, 1.807) is 41.9 Å². The molecule has 0 amide bonds. The van der Waals surface area contributed by atoms with E-state index in [9.17, 15) is 4.79 Å². The van der Waals surface area contributed by atoms with E-state index in [1.807, 2.05) is 12.1 Å². The fraction of sp³-hybridized carbons (Fsp3) is 0.300. The standard InChI is InChI=1S/C20H21N5O3/c1-14(23-27)15-2-4-16(5-3-15)18(26)12-17-13-20(24-8-10-28-11-9-24)25-19(22-17)6-7-21-25/h2-7,13,27H,8-12H2,1H3/b23-14+. The molecule has 1 aliphatic heterocycles. The maximum absolute atomic E-state index is 12.8. The average molecular weight is 379 g/mol. The Morgan fingerprint density at radius 1 is 1.18 bits per heavy atom. The van der Waals surface area contributed by atoms with Crippen LogP contribution in [-0.2, 0) is 11.2 Å². The molecule has 2 aromatic heterocycles. The van der Waals surface area contributed by atoms with Crippen LogP contribution < -0.4 is 4.90 Å². The summed E-state index contributed by atoms with van der Waals surface area (Å²) in [5.74, 6) is 0.903. The van der Waals surface area contributed by atoms with Crippen LogP contribution in [0.4, 0.5) is 5.82 Å². The van der Waals surface area contributed by atoms with Crippen LogP contribution in [0.2, 0.25) is 0 Å². The first-order chi connectivity index (χ1) is 13.7. The largest absolute Gasteiger partial charge is 0.411 e. The molecule has 0 saturated carbocycles. The van der Waals surface area contributed by atoms with Gasteiger partial charge in [-0.05, 0) is 12.5 Å². The van der Waals surface area contributed by atoms with Crippen LogP contribution >= 0.6 is 0 Å². The van der Waals surface area contributed by atoms with Crippen LogP contribution in [0.1, 0.15) is 28.5 Å². The Labute approximate surface area is 162 Å². The number of hydrogen-bond donors (Lipinski definition) is 1. The summed E-state index contributed by atoms with van der Waals surface area (Å²) in [6.45, 7) is 4.60. The molecule has 0 aliphatic carbocycles. The highest BCUT2D eigenvalue weighted by molar-refractivity contribution is 6.01. The lowest BCUT2D eigenvalue weighted by atomic mass is 10.0. The van der Waals surface area contributed by atoms with Crippen molar-refractivity contribution in [1.29, 1.82) is 0 Å². The van der Waals surface area contributed by atoms with Gasteiger partial charge in [-0.25, -0.2) is 4.98 Å². The summed E-state index contributed by atoms with van der Waals surface area (Å²) in [6.07, 6.45) is 1.91. The van der Waals surface area contributed by atoms with E-state index in [2.05, 4.69) is 20.1 Å². The first kappa shape index (κ1) is 18.1. The molecule has 28 heavy (non-hydrogen) atoms. The van der Waals surface area contributed by atoms with Gasteiger partial charge in [-0.3, -0.25) is 4.79 Å². The third kappa shape index (κ3) is 3.59. The number of morpholine rings is 1. The van der Waals surface area contributed by atoms with Crippen molar-refractivity contribution >= 4 is 23.0 Å². The van der Waals surface area contributed by atoms with Gasteiger partial charge >= 0.3 is 0 Å². The average Bonchev–Trinajstić information content (AvgIpc) is 3.22. The van der Waals surface area contributed by atoms with Crippen LogP contribution in [0.15, 0.2) is 47.8 Å². The molecular formula is C20H21N5O3. The first-order valence-corrected chi connectivity index (χ1v) is 9.14. The Morgan fingerprint density at radius 3 is 2.61 bits per heavy atom. The molecule has 1 aliphatic rings. The molecule has 3 aromatic rings. The van der Waals surface area contributed by atoms with E-state index < -0.39 is 0 Å². The fourth-order valence-electron chi connectivity index (χ4n) is 3.28. The van der Waals surface area contributed by atoms with E-state index >= 15 is 0 Å². The molecule has 1 N–H and O–H groups in total. The van der Waals surface area contributed by atoms with E-state index in [4.69, 9.17) is 9.94 Å². The first-order valence-electron chi connectivity index (χ1n) is 9.14. The highest BCUT2D eigenvalue weighted by Crippen LogP contribution is 2.20. The second kappa shape index (κ2) is 7.77. The summed E-state index contributed by atoms with van der Waals surface area (Å²) >= 11 is 0. The highest BCUT2D eigenvalue weighted by atomic mass is 16.5. The van der Waals surface area contributed by atoms with Gasteiger partial charge in [-0.15, -0.1) is 0 Å². The van der Waals surface area contributed by atoms with Gasteiger partial charge in [0.2, 0.25) is 0 Å². The van der Waals surface area contributed by atoms with Crippen molar-refractivity contribution in [3.05, 3.63) is 59.4 Å². The Balaban J connectivity index is 1.59. The lowest BCUT2D eigenvalue weighted by Gasteiger charge is -2.29. The van der Waals surface area contributed by atoms with Crippen molar-refractivity contribution in [2.24, 2.45) is 5.16 Å². The van der Waals surface area contributed by atoms with Crippen molar-refractivity contribution in [3.63, 3.8) is 0 Å². The Morgan fingerprint density at radius 2 is 1.89 bits per heavy atom. The van der Waals surface area contributed by atoms with E-state index in [0.717, 1.165) is 30.1 Å². The molecule has 8 heteroatoms. The zero-order valence-corrected chi connectivity index (χ0v) is 15.6. The van der Waals surface area contributed by atoms with Crippen LogP contribution in [0.3, 0.4) is 0 Å². The van der Waals surface area contributed by atoms with Crippen LogP contribution in [-0.4, -0.2) is 57.6 Å². The molecule has 0 bridgehead atoms. The van der Waals surface area contributed by atoms with Gasteiger partial charge in [0.25, 0.3) is 0 Å². The highest BCUT2D eigenvalue weighted by Gasteiger charge is 2.18. The minimum atomic E-state index is -0.0190. The third-order valence-electron chi connectivity index (χ3n) is 4.85. The summed E-state index contributed by atoms with van der Waals surface area (Å²) in [5.41, 5.74) is 3.29. The number of aromatic nitrogens is 3. The second-order valence-electron chi connectivity index (χ2n) is 6.67. The number of ether oxygens (including phenoxy) is 1. The molecule has 144 valence electrons. The Hall–Kier alpha value is -3.26. The number of anilines is 1. The Kier molecular flexibility index (Phi) is 5.03. The SMILES string of the molecule is C/C(=N\O)c1ccc(C(=O)Cc2cc(N3CCOCC3)n3nccc3n2)cc1. The maximum Gasteiger partial charge on any atom is 0.168 e. The predicted octanol–water partition coefficient (Wildman–Crippen LogP) is 2.19. The number of ketones is 1. The summed E-state index contributed by atoms with van der Waals surface area (Å²) < 4.78 is 7.23. The molecule has 1 saturated heterocycles. The van der Waals surface area contributed by atoms with Crippen LogP contribution in [0.25, 0.3) is 5.65 Å². The summed E-state index contributed by atoms with van der Waals surface area (Å²) in [4.78, 5) is 19.5. The van der Waals surface area contributed by atoms with Gasteiger partial charge in [0, 0.05) is 30.8 Å². The van der Waals surface area contributed by atoms with Crippen molar-refractivity contribution in [2.45, 2.75) is 13.3 Å². The molecule has 0 unspecified atom stereocenters. The molecule has 3 heterocycles. The van der Waals surface area contributed by atoms with E-state index in [1.165, 1.54) is 0 Å². The fourth-order valence-corrected chi connectivity index (χ4v) is 3.28. The van der Waals surface area contributed by atoms with Gasteiger partial charge in [0.1, 0.15) is 5.82 Å². The number of nitrogens with zero attached hydrogens (tertiary/aromatic N) is 5. The molecule has 4 rings (SSSR count). The van der Waals surface area contributed by atoms with Crippen molar-refractivity contribution < 1.29 is 14.7 Å². The van der Waals surface area contributed by atoms with Gasteiger partial charge in [-0.2, -0.15) is 9.61 Å². The molecule has 0 spiro atoms. The van der Waals surface area contributed by atoms with Crippen molar-refractivity contribution in [2.75, 3.05) is 31.2 Å². The van der Waals surface area contributed by atoms with Gasteiger partial charge in [-0.1, -0.05) is 29.4 Å². The maximum atomic E-state index is 12.8. The number of rotatable bonds is 5. The zero-order chi connectivity index (χ0) is 19.5. The number of Topliss-reactive ketones (excluding diaryl/α,β-unsaturated/α-hetero) is 1. The number of oxime groups is 1. The van der Waals surface area contributed by atoms with Gasteiger partial charge in [0.05, 0.1) is 37.2 Å². The van der Waals surface area contributed by atoms with E-state index in [0.29, 0.717) is 30.2 Å². The molecule has 1 aromatic carbocycles. The number of fused-ring (bicyclic) bond motifs is 1. The zero-order valence-electron chi connectivity index (χ0n) is 15.6. The minimum Gasteiger partial charge on any atom is -0.411 e. The van der Waals surface area contributed by atoms with Crippen molar-refractivity contribution in [3.8, 4) is 0 Å². The van der Waals surface area contributed by atoms with E-state index in [-0.39, 0.29) is 12.2 Å². The quantitative estimate of drug-likeness (QED) is 0.316. The monoisotopic (exact) mass is 379 g/mol. The molecule has 1 fully saturated rings. The number of carbonyl (C=O) groups is 1. The third-order valence-corrected chi connectivity index (χ3v) is 4.85. The molecule has 0 radical (unpaired) electrons. The number of carbonyl (C=O) groups excluding carboxylic acids is 1. The molecule has 8 nitrogen and oxygen atoms in total. The normalized spacial score (nSPS) is 15.2. The topological polar surface area (TPSA) is 92.3 Å². The summed E-state index contributed by atoms with van der Waals surface area (Å²) in [6, 6.07) is 10.8. The second-order valence-corrected chi connectivity index (χ2v) is 6.67. The predicted molar refractivity (Wildman–Crippen MR) is 104 cm³/mol. The van der Waals surface area contributed by atoms with Gasteiger partial charge < -0.3 is 14.8 Å². The van der Waals surface area contributed by atoms with Crippen molar-refractivity contribution in [1.82, 2.24) is 14.6 Å². The lowest BCUT2D eigenvalue weighted by Crippen LogP contribution is -2.37. The molecule has 0 atom stereocenters. The summed E-state index contributed by atoms with van der Waals surface area (Å²) in [7, 11) is 0. The minimum absolute atomic E-state index is 0.0190. The Bertz CT molecular complexity index is 1020. The van der Waals surface area contributed by atoms with Crippen LogP contribution in [0, 0.1) is 0 Å². The van der Waals surface area contributed by atoms with Gasteiger partial charge in [0.15, 0.2) is 11.4 Å². The lowest BCUT2D eigenvalue weighted by molar-refractivity contribution is 0.0992. The number of benzene rings is 1.